The summed E-state index contributed by atoms with van der Waals surface area (Å²) in [6.07, 6.45) is 2.36. The number of piperidine rings is 1. The minimum absolute atomic E-state index is 0.276. The summed E-state index contributed by atoms with van der Waals surface area (Å²) in [6.45, 7) is 2.19. The maximum Gasteiger partial charge on any atom is 0.148 e. The van der Waals surface area contributed by atoms with E-state index in [9.17, 15) is 5.11 Å². The van der Waals surface area contributed by atoms with Gasteiger partial charge in [0.2, 0.25) is 0 Å². The molecule has 6 heteroatoms. The molecule has 1 aliphatic heterocycles. The van der Waals surface area contributed by atoms with E-state index in [2.05, 4.69) is 27.5 Å². The van der Waals surface area contributed by atoms with E-state index in [-0.39, 0.29) is 5.75 Å². The SMILES string of the molecule is CN1CCCC(Nc2ccc(-c3ccc4sccc4c3O)nn2)C1. The molecule has 0 radical (unpaired) electrons. The fourth-order valence-corrected chi connectivity index (χ4v) is 4.07. The number of phenolic OH excluding ortho intramolecular Hbond substituents is 1. The van der Waals surface area contributed by atoms with Crippen LogP contribution in [-0.2, 0) is 0 Å². The van der Waals surface area contributed by atoms with E-state index >= 15 is 0 Å². The van der Waals surface area contributed by atoms with Crippen molar-refractivity contribution in [2.45, 2.75) is 18.9 Å². The predicted molar refractivity (Wildman–Crippen MR) is 98.7 cm³/mol. The van der Waals surface area contributed by atoms with Gasteiger partial charge in [-0.3, -0.25) is 0 Å². The Labute approximate surface area is 145 Å². The van der Waals surface area contributed by atoms with E-state index in [4.69, 9.17) is 0 Å². The Kier molecular flexibility index (Phi) is 4.08. The lowest BCUT2D eigenvalue weighted by molar-refractivity contribution is 0.260. The molecule has 0 spiro atoms. The van der Waals surface area contributed by atoms with Crippen LogP contribution in [-0.4, -0.2) is 46.4 Å². The van der Waals surface area contributed by atoms with Gasteiger partial charge in [0.05, 0.1) is 5.69 Å². The van der Waals surface area contributed by atoms with E-state index in [1.807, 2.05) is 35.7 Å². The summed E-state index contributed by atoms with van der Waals surface area (Å²) in [5.41, 5.74) is 1.41. The third-order valence-electron chi connectivity index (χ3n) is 4.52. The number of likely N-dealkylation sites (N-methyl/N-ethyl adjacent to an activating group) is 1. The van der Waals surface area contributed by atoms with Crippen LogP contribution >= 0.6 is 11.3 Å². The second-order valence-corrected chi connectivity index (χ2v) is 7.29. The molecule has 0 aliphatic carbocycles. The molecule has 1 fully saturated rings. The molecule has 1 aliphatic rings. The summed E-state index contributed by atoms with van der Waals surface area (Å²) in [5.74, 6) is 1.06. The highest BCUT2D eigenvalue weighted by molar-refractivity contribution is 7.17. The largest absolute Gasteiger partial charge is 0.507 e. The van der Waals surface area contributed by atoms with Gasteiger partial charge in [0.15, 0.2) is 0 Å². The molecule has 1 unspecified atom stereocenters. The van der Waals surface area contributed by atoms with Gasteiger partial charge in [-0.2, -0.15) is 0 Å². The smallest absolute Gasteiger partial charge is 0.148 e. The van der Waals surface area contributed by atoms with Crippen molar-refractivity contribution in [3.05, 3.63) is 35.7 Å². The van der Waals surface area contributed by atoms with E-state index < -0.39 is 0 Å². The van der Waals surface area contributed by atoms with Gasteiger partial charge in [0, 0.05) is 28.2 Å². The Morgan fingerprint density at radius 1 is 1.21 bits per heavy atom. The summed E-state index contributed by atoms with van der Waals surface area (Å²) in [5, 5.41) is 25.4. The number of aromatic nitrogens is 2. The standard InChI is InChI=1S/C18H20N4OS/c1-22-9-2-3-12(11-22)19-17-7-5-15(20-21-17)13-4-6-16-14(18(13)23)8-10-24-16/h4-8,10,12,23H,2-3,9,11H2,1H3,(H,19,21). The van der Waals surface area contributed by atoms with Crippen LogP contribution in [0.5, 0.6) is 5.75 Å². The van der Waals surface area contributed by atoms with E-state index in [0.717, 1.165) is 41.0 Å². The number of fused-ring (bicyclic) bond motifs is 1. The number of rotatable bonds is 3. The van der Waals surface area contributed by atoms with Crippen molar-refractivity contribution in [2.24, 2.45) is 0 Å². The first-order valence-electron chi connectivity index (χ1n) is 8.19. The molecule has 4 rings (SSSR count). The molecule has 3 aromatic rings. The van der Waals surface area contributed by atoms with Crippen molar-refractivity contribution in [1.29, 1.82) is 0 Å². The molecule has 5 nitrogen and oxygen atoms in total. The maximum absolute atomic E-state index is 10.5. The summed E-state index contributed by atoms with van der Waals surface area (Å²) in [7, 11) is 2.14. The van der Waals surface area contributed by atoms with E-state index in [1.54, 1.807) is 11.3 Å². The first-order chi connectivity index (χ1) is 11.7. The Bertz CT molecular complexity index is 846. The lowest BCUT2D eigenvalue weighted by Gasteiger charge is -2.30. The third-order valence-corrected chi connectivity index (χ3v) is 5.41. The molecule has 2 N–H and O–H groups in total. The summed E-state index contributed by atoms with van der Waals surface area (Å²) in [6, 6.07) is 10.1. The second kappa shape index (κ2) is 6.37. The molecule has 0 amide bonds. The molecule has 1 saturated heterocycles. The number of hydrogen-bond acceptors (Lipinski definition) is 6. The van der Waals surface area contributed by atoms with Crippen molar-refractivity contribution in [1.82, 2.24) is 15.1 Å². The highest BCUT2D eigenvalue weighted by atomic mass is 32.1. The summed E-state index contributed by atoms with van der Waals surface area (Å²) in [4.78, 5) is 2.33. The highest BCUT2D eigenvalue weighted by Gasteiger charge is 2.17. The minimum atomic E-state index is 0.276. The predicted octanol–water partition coefficient (Wildman–Crippen LogP) is 3.57. The average Bonchev–Trinajstić information content (AvgIpc) is 3.06. The number of likely N-dealkylation sites (tertiary alicyclic amines) is 1. The van der Waals surface area contributed by atoms with E-state index in [1.165, 1.54) is 6.42 Å². The quantitative estimate of drug-likeness (QED) is 0.763. The number of hydrogen-bond donors (Lipinski definition) is 2. The number of thiophene rings is 1. The maximum atomic E-state index is 10.5. The van der Waals surface area contributed by atoms with E-state index in [0.29, 0.717) is 11.7 Å². The van der Waals surface area contributed by atoms with Crippen molar-refractivity contribution in [2.75, 3.05) is 25.5 Å². The molecule has 0 saturated carbocycles. The molecule has 1 aromatic carbocycles. The number of phenols is 1. The third kappa shape index (κ3) is 2.95. The van der Waals surface area contributed by atoms with Crippen molar-refractivity contribution < 1.29 is 5.11 Å². The summed E-state index contributed by atoms with van der Waals surface area (Å²) < 4.78 is 1.07. The average molecular weight is 340 g/mol. The molecule has 124 valence electrons. The Balaban J connectivity index is 1.55. The van der Waals surface area contributed by atoms with Gasteiger partial charge in [-0.05, 0) is 62.1 Å². The molecule has 0 bridgehead atoms. The van der Waals surface area contributed by atoms with Gasteiger partial charge < -0.3 is 15.3 Å². The topological polar surface area (TPSA) is 61.3 Å². The van der Waals surface area contributed by atoms with Crippen LogP contribution < -0.4 is 5.32 Å². The van der Waals surface area contributed by atoms with Crippen LogP contribution in [0.2, 0.25) is 0 Å². The number of benzene rings is 1. The Morgan fingerprint density at radius 2 is 2.12 bits per heavy atom. The molecular formula is C18H20N4OS. The van der Waals surface area contributed by atoms with Gasteiger partial charge in [0.25, 0.3) is 0 Å². The number of nitrogens with one attached hydrogen (secondary N) is 1. The van der Waals surface area contributed by atoms with Crippen molar-refractivity contribution in [3.63, 3.8) is 0 Å². The fourth-order valence-electron chi connectivity index (χ4n) is 3.28. The first kappa shape index (κ1) is 15.4. The van der Waals surface area contributed by atoms with Crippen LogP contribution in [0.3, 0.4) is 0 Å². The normalized spacial score (nSPS) is 18.8. The van der Waals surface area contributed by atoms with Crippen LogP contribution in [0.1, 0.15) is 12.8 Å². The zero-order valence-electron chi connectivity index (χ0n) is 13.6. The number of anilines is 1. The number of aromatic hydroxyl groups is 1. The van der Waals surface area contributed by atoms with Gasteiger partial charge in [0.1, 0.15) is 11.6 Å². The van der Waals surface area contributed by atoms with Gasteiger partial charge in [-0.1, -0.05) is 0 Å². The monoisotopic (exact) mass is 340 g/mol. The van der Waals surface area contributed by atoms with Gasteiger partial charge in [-0.25, -0.2) is 0 Å². The van der Waals surface area contributed by atoms with Crippen LogP contribution in [0.4, 0.5) is 5.82 Å². The lowest BCUT2D eigenvalue weighted by Crippen LogP contribution is -2.39. The van der Waals surface area contributed by atoms with Gasteiger partial charge in [-0.15, -0.1) is 21.5 Å². The number of nitrogens with zero attached hydrogens (tertiary/aromatic N) is 3. The van der Waals surface area contributed by atoms with Crippen molar-refractivity contribution >= 4 is 27.2 Å². The van der Waals surface area contributed by atoms with Crippen molar-refractivity contribution in [3.8, 4) is 17.0 Å². The molecule has 24 heavy (non-hydrogen) atoms. The lowest BCUT2D eigenvalue weighted by atomic mass is 10.1. The molecule has 1 atom stereocenters. The Morgan fingerprint density at radius 3 is 2.92 bits per heavy atom. The first-order valence-corrected chi connectivity index (χ1v) is 9.07. The molecule has 2 aromatic heterocycles. The Hall–Kier alpha value is -2.18. The zero-order chi connectivity index (χ0) is 16.5. The molecule has 3 heterocycles. The summed E-state index contributed by atoms with van der Waals surface area (Å²) >= 11 is 1.62. The zero-order valence-corrected chi connectivity index (χ0v) is 14.4. The van der Waals surface area contributed by atoms with Crippen LogP contribution in [0.15, 0.2) is 35.7 Å². The highest BCUT2D eigenvalue weighted by Crippen LogP contribution is 2.37. The minimum Gasteiger partial charge on any atom is -0.507 e. The molecular weight excluding hydrogens is 320 g/mol. The van der Waals surface area contributed by atoms with Gasteiger partial charge >= 0.3 is 0 Å². The fraction of sp³-hybridized carbons (Fsp3) is 0.333. The van der Waals surface area contributed by atoms with Crippen LogP contribution in [0.25, 0.3) is 21.3 Å². The van der Waals surface area contributed by atoms with Crippen LogP contribution in [0, 0.1) is 0 Å². The second-order valence-electron chi connectivity index (χ2n) is 6.34.